The first kappa shape index (κ1) is 22.6. The van der Waals surface area contributed by atoms with Gasteiger partial charge in [-0.05, 0) is 58.5 Å². The minimum Gasteiger partial charge on any atom is -0.484 e. The van der Waals surface area contributed by atoms with Crippen LogP contribution in [0.25, 0.3) is 11.1 Å². The maximum absolute atomic E-state index is 12.2. The number of nitriles is 1. The third kappa shape index (κ3) is 5.96. The van der Waals surface area contributed by atoms with Crippen molar-refractivity contribution in [3.63, 3.8) is 0 Å². The fraction of sp³-hybridized carbons (Fsp3) is 0.192. The molecule has 32 heavy (non-hydrogen) atoms. The summed E-state index contributed by atoms with van der Waals surface area (Å²) in [5, 5.41) is 8.88. The molecule has 0 aromatic heterocycles. The van der Waals surface area contributed by atoms with Crippen LogP contribution >= 0.6 is 0 Å². The molecular formula is C26H25N3O3. The molecule has 0 bridgehead atoms. The Labute approximate surface area is 187 Å². The molecule has 3 aromatic rings. The summed E-state index contributed by atoms with van der Waals surface area (Å²) in [5.41, 5.74) is 8.88. The number of benzene rings is 3. The van der Waals surface area contributed by atoms with Gasteiger partial charge >= 0.3 is 0 Å². The van der Waals surface area contributed by atoms with E-state index in [1.165, 1.54) is 0 Å². The molecule has 0 spiro atoms. The molecule has 162 valence electrons. The van der Waals surface area contributed by atoms with Crippen LogP contribution in [0.5, 0.6) is 5.75 Å². The van der Waals surface area contributed by atoms with Crippen molar-refractivity contribution in [2.45, 2.75) is 26.2 Å². The van der Waals surface area contributed by atoms with E-state index in [0.29, 0.717) is 16.9 Å². The molecule has 0 heterocycles. The summed E-state index contributed by atoms with van der Waals surface area (Å²) in [6, 6.07) is 23.9. The van der Waals surface area contributed by atoms with Crippen molar-refractivity contribution < 1.29 is 14.3 Å². The van der Waals surface area contributed by atoms with E-state index in [9.17, 15) is 9.59 Å². The molecule has 0 saturated heterocycles. The van der Waals surface area contributed by atoms with Gasteiger partial charge in [0, 0.05) is 5.56 Å². The average Bonchev–Trinajstić information content (AvgIpc) is 2.81. The van der Waals surface area contributed by atoms with Gasteiger partial charge in [0.2, 0.25) is 0 Å². The number of hydrogen-bond donors (Lipinski definition) is 2. The van der Waals surface area contributed by atoms with E-state index in [1.807, 2.05) is 36.4 Å². The molecule has 0 unspecified atom stereocenters. The van der Waals surface area contributed by atoms with Crippen LogP contribution in [0.2, 0.25) is 0 Å². The zero-order valence-electron chi connectivity index (χ0n) is 18.3. The maximum Gasteiger partial charge on any atom is 0.276 e. The molecule has 3 aromatic carbocycles. The number of rotatable bonds is 5. The number of nitrogens with one attached hydrogen (secondary N) is 2. The van der Waals surface area contributed by atoms with Crippen LogP contribution in [-0.2, 0) is 10.2 Å². The van der Waals surface area contributed by atoms with Gasteiger partial charge in [0.15, 0.2) is 6.61 Å². The molecule has 0 aliphatic carbocycles. The number of ether oxygens (including phenoxy) is 1. The highest BCUT2D eigenvalue weighted by Gasteiger charge is 2.14. The van der Waals surface area contributed by atoms with E-state index in [0.717, 1.165) is 16.7 Å². The van der Waals surface area contributed by atoms with Gasteiger partial charge < -0.3 is 4.74 Å². The number of nitrogens with zero attached hydrogens (tertiary/aromatic N) is 1. The topological polar surface area (TPSA) is 91.2 Å². The summed E-state index contributed by atoms with van der Waals surface area (Å²) >= 11 is 0. The first-order valence-electron chi connectivity index (χ1n) is 10.2. The highest BCUT2D eigenvalue weighted by Crippen LogP contribution is 2.23. The molecule has 6 heteroatoms. The molecule has 0 aliphatic rings. The van der Waals surface area contributed by atoms with Gasteiger partial charge in [-0.25, -0.2) is 0 Å². The molecular weight excluding hydrogens is 402 g/mol. The quantitative estimate of drug-likeness (QED) is 0.592. The van der Waals surface area contributed by atoms with E-state index in [1.54, 1.807) is 36.4 Å². The summed E-state index contributed by atoms with van der Waals surface area (Å²) in [6.45, 7) is 6.06. The first-order chi connectivity index (χ1) is 15.3. The SMILES string of the molecule is CC(C)(C)c1ccc(C(=O)NNC(=O)COc2ccc(-c3ccc(C#N)cc3)cc2)cc1. The van der Waals surface area contributed by atoms with Gasteiger partial charge in [-0.3, -0.25) is 20.4 Å². The second-order valence-electron chi connectivity index (χ2n) is 8.33. The largest absolute Gasteiger partial charge is 0.484 e. The number of amides is 2. The Morgan fingerprint density at radius 2 is 1.41 bits per heavy atom. The minimum atomic E-state index is -0.471. The predicted octanol–water partition coefficient (Wildman–Crippen LogP) is 4.36. The van der Waals surface area contributed by atoms with E-state index in [-0.39, 0.29) is 12.0 Å². The van der Waals surface area contributed by atoms with Crippen molar-refractivity contribution in [1.29, 1.82) is 5.26 Å². The maximum atomic E-state index is 12.2. The van der Waals surface area contributed by atoms with Crippen molar-refractivity contribution in [3.05, 3.63) is 89.5 Å². The Bertz CT molecular complexity index is 1120. The number of hydrogen-bond acceptors (Lipinski definition) is 4. The third-order valence-corrected chi connectivity index (χ3v) is 4.90. The van der Waals surface area contributed by atoms with Crippen molar-refractivity contribution in [2.75, 3.05) is 6.61 Å². The Hall–Kier alpha value is -4.11. The lowest BCUT2D eigenvalue weighted by Crippen LogP contribution is -2.43. The second-order valence-corrected chi connectivity index (χ2v) is 8.33. The highest BCUT2D eigenvalue weighted by atomic mass is 16.5. The van der Waals surface area contributed by atoms with Gasteiger partial charge in [-0.1, -0.05) is 57.2 Å². The van der Waals surface area contributed by atoms with Gasteiger partial charge in [0.05, 0.1) is 11.6 Å². The Kier molecular flexibility index (Phi) is 6.91. The van der Waals surface area contributed by atoms with E-state index < -0.39 is 11.8 Å². The molecule has 0 aliphatic heterocycles. The summed E-state index contributed by atoms with van der Waals surface area (Å²) in [7, 11) is 0. The first-order valence-corrected chi connectivity index (χ1v) is 10.2. The monoisotopic (exact) mass is 427 g/mol. The van der Waals surface area contributed by atoms with E-state index in [2.05, 4.69) is 37.7 Å². The van der Waals surface area contributed by atoms with Gasteiger partial charge in [0.25, 0.3) is 11.8 Å². The lowest BCUT2D eigenvalue weighted by molar-refractivity contribution is -0.123. The standard InChI is InChI=1S/C26H25N3O3/c1-26(2,3)22-12-8-21(9-13-22)25(31)29-28-24(30)17-32-23-14-10-20(11-15-23)19-6-4-18(16-27)5-7-19/h4-15H,17H2,1-3H3,(H,28,30)(H,29,31). The molecule has 2 N–H and O–H groups in total. The predicted molar refractivity (Wildman–Crippen MR) is 123 cm³/mol. The van der Waals surface area contributed by atoms with Crippen LogP contribution in [0.4, 0.5) is 0 Å². The minimum absolute atomic E-state index is 0.000777. The molecule has 0 radical (unpaired) electrons. The van der Waals surface area contributed by atoms with E-state index >= 15 is 0 Å². The fourth-order valence-corrected chi connectivity index (χ4v) is 2.99. The van der Waals surface area contributed by atoms with Crippen LogP contribution < -0.4 is 15.6 Å². The fourth-order valence-electron chi connectivity index (χ4n) is 2.99. The molecule has 3 rings (SSSR count). The summed E-state index contributed by atoms with van der Waals surface area (Å²) < 4.78 is 5.48. The van der Waals surface area contributed by atoms with Crippen LogP contribution in [0.3, 0.4) is 0 Å². The van der Waals surface area contributed by atoms with Crippen molar-refractivity contribution >= 4 is 11.8 Å². The lowest BCUT2D eigenvalue weighted by atomic mass is 9.87. The number of hydrazine groups is 1. The highest BCUT2D eigenvalue weighted by molar-refractivity contribution is 5.95. The van der Waals surface area contributed by atoms with Crippen molar-refractivity contribution in [3.8, 4) is 22.9 Å². The molecule has 0 atom stereocenters. The summed E-state index contributed by atoms with van der Waals surface area (Å²) in [4.78, 5) is 24.2. The van der Waals surface area contributed by atoms with Crippen LogP contribution in [0.1, 0.15) is 42.3 Å². The van der Waals surface area contributed by atoms with Crippen LogP contribution in [0.15, 0.2) is 72.8 Å². The molecule has 0 saturated carbocycles. The van der Waals surface area contributed by atoms with Gasteiger partial charge in [-0.2, -0.15) is 5.26 Å². The summed E-state index contributed by atoms with van der Waals surface area (Å²) in [5.74, 6) is -0.340. The lowest BCUT2D eigenvalue weighted by Gasteiger charge is -2.19. The van der Waals surface area contributed by atoms with Crippen LogP contribution in [0, 0.1) is 11.3 Å². The molecule has 2 amide bonds. The smallest absolute Gasteiger partial charge is 0.276 e. The molecule has 0 fully saturated rings. The Morgan fingerprint density at radius 3 is 1.94 bits per heavy atom. The Balaban J connectivity index is 1.47. The zero-order valence-corrected chi connectivity index (χ0v) is 18.3. The Morgan fingerprint density at radius 1 is 0.844 bits per heavy atom. The zero-order chi connectivity index (χ0) is 23.1. The van der Waals surface area contributed by atoms with E-state index in [4.69, 9.17) is 10.00 Å². The number of carbonyl (C=O) groups is 2. The average molecular weight is 428 g/mol. The normalized spacial score (nSPS) is 10.7. The number of carbonyl (C=O) groups excluding carboxylic acids is 2. The van der Waals surface area contributed by atoms with Crippen molar-refractivity contribution in [2.24, 2.45) is 0 Å². The van der Waals surface area contributed by atoms with Gasteiger partial charge in [-0.15, -0.1) is 0 Å². The molecule has 6 nitrogen and oxygen atoms in total. The third-order valence-electron chi connectivity index (χ3n) is 4.90. The van der Waals surface area contributed by atoms with Gasteiger partial charge in [0.1, 0.15) is 5.75 Å². The second kappa shape index (κ2) is 9.80. The van der Waals surface area contributed by atoms with Crippen molar-refractivity contribution in [1.82, 2.24) is 10.9 Å². The van der Waals surface area contributed by atoms with Crippen LogP contribution in [-0.4, -0.2) is 18.4 Å². The summed E-state index contributed by atoms with van der Waals surface area (Å²) in [6.07, 6.45) is 0.